The topological polar surface area (TPSA) is 36.4 Å². The number of likely N-dealkylation sites (tertiary alicyclic amines) is 1. The Kier molecular flexibility index (Phi) is 8.07. The van der Waals surface area contributed by atoms with Crippen molar-refractivity contribution in [3.63, 3.8) is 0 Å². The first-order valence-electron chi connectivity index (χ1n) is 10.8. The summed E-state index contributed by atoms with van der Waals surface area (Å²) in [5, 5.41) is 0. The molecular weight excluding hydrogens is 403 g/mol. The minimum Gasteiger partial charge on any atom is -0.345 e. The quantitative estimate of drug-likeness (QED) is 0.617. The SMILES string of the molecule is CN(CC1CCN(CCc2cccc(C(F)(F)F)c2)CC1)C(=O)CCc1ccccn1. The molecule has 1 amide bonds. The number of carbonyl (C=O) groups is 1. The third-order valence-electron chi connectivity index (χ3n) is 5.96. The molecule has 0 saturated carbocycles. The van der Waals surface area contributed by atoms with Crippen LogP contribution in [0.5, 0.6) is 0 Å². The van der Waals surface area contributed by atoms with E-state index in [1.807, 2.05) is 30.1 Å². The number of aromatic nitrogens is 1. The average Bonchev–Trinajstić information content (AvgIpc) is 2.77. The molecule has 0 aliphatic carbocycles. The number of nitrogens with zero attached hydrogens (tertiary/aromatic N) is 3. The van der Waals surface area contributed by atoms with Gasteiger partial charge in [0.05, 0.1) is 5.56 Å². The fraction of sp³-hybridized carbons (Fsp3) is 0.500. The summed E-state index contributed by atoms with van der Waals surface area (Å²) in [6.07, 6.45) is 1.17. The van der Waals surface area contributed by atoms with Crippen molar-refractivity contribution in [3.05, 3.63) is 65.5 Å². The number of halogens is 3. The van der Waals surface area contributed by atoms with Gasteiger partial charge in [-0.05, 0) is 68.5 Å². The molecule has 0 N–H and O–H groups in total. The van der Waals surface area contributed by atoms with E-state index in [0.29, 0.717) is 25.2 Å². The first kappa shape index (κ1) is 23.3. The van der Waals surface area contributed by atoms with E-state index < -0.39 is 11.7 Å². The Morgan fingerprint density at radius 1 is 1.13 bits per heavy atom. The largest absolute Gasteiger partial charge is 0.416 e. The Labute approximate surface area is 182 Å². The van der Waals surface area contributed by atoms with Crippen LogP contribution in [0.4, 0.5) is 13.2 Å². The standard InChI is InChI=1S/C24H30F3N3O/c1-29(23(31)9-8-22-7-2-3-13-28-22)18-20-11-15-30(16-12-20)14-10-19-5-4-6-21(17-19)24(25,26)27/h2-7,13,17,20H,8-12,14-16,18H2,1H3. The predicted octanol–water partition coefficient (Wildman–Crippen LogP) is 4.45. The van der Waals surface area contributed by atoms with Crippen LogP contribution in [0.25, 0.3) is 0 Å². The molecule has 1 aliphatic heterocycles. The van der Waals surface area contributed by atoms with Gasteiger partial charge in [-0.1, -0.05) is 24.3 Å². The number of pyridine rings is 1. The fourth-order valence-corrected chi connectivity index (χ4v) is 4.04. The van der Waals surface area contributed by atoms with Gasteiger partial charge in [0.2, 0.25) is 5.91 Å². The van der Waals surface area contributed by atoms with Crippen LogP contribution in [0.3, 0.4) is 0 Å². The number of alkyl halides is 3. The van der Waals surface area contributed by atoms with Crippen LogP contribution in [0.15, 0.2) is 48.7 Å². The number of carbonyl (C=O) groups excluding carboxylic acids is 1. The highest BCUT2D eigenvalue weighted by molar-refractivity contribution is 5.76. The van der Waals surface area contributed by atoms with Crippen LogP contribution in [0.2, 0.25) is 0 Å². The number of aryl methyl sites for hydroxylation is 1. The summed E-state index contributed by atoms with van der Waals surface area (Å²) in [5.74, 6) is 0.603. The van der Waals surface area contributed by atoms with Gasteiger partial charge in [-0.3, -0.25) is 9.78 Å². The lowest BCUT2D eigenvalue weighted by atomic mass is 9.95. The van der Waals surface area contributed by atoms with Crippen molar-refractivity contribution >= 4 is 5.91 Å². The zero-order chi connectivity index (χ0) is 22.3. The summed E-state index contributed by atoms with van der Waals surface area (Å²) < 4.78 is 38.6. The van der Waals surface area contributed by atoms with Crippen LogP contribution in [0.1, 0.15) is 36.1 Å². The molecule has 1 fully saturated rings. The van der Waals surface area contributed by atoms with Gasteiger partial charge in [0.25, 0.3) is 0 Å². The molecule has 0 spiro atoms. The molecule has 0 unspecified atom stereocenters. The molecule has 1 aliphatic rings. The summed E-state index contributed by atoms with van der Waals surface area (Å²) in [5.41, 5.74) is 1.06. The zero-order valence-electron chi connectivity index (χ0n) is 17.9. The van der Waals surface area contributed by atoms with Gasteiger partial charge in [-0.25, -0.2) is 0 Å². The summed E-state index contributed by atoms with van der Waals surface area (Å²) in [4.78, 5) is 20.8. The third kappa shape index (κ3) is 7.35. The highest BCUT2D eigenvalue weighted by Crippen LogP contribution is 2.29. The maximum Gasteiger partial charge on any atom is 0.416 e. The predicted molar refractivity (Wildman–Crippen MR) is 115 cm³/mol. The summed E-state index contributed by atoms with van der Waals surface area (Å²) in [7, 11) is 1.86. The highest BCUT2D eigenvalue weighted by Gasteiger charge is 2.30. The van der Waals surface area contributed by atoms with Gasteiger partial charge < -0.3 is 9.80 Å². The van der Waals surface area contributed by atoms with Gasteiger partial charge in [0, 0.05) is 38.4 Å². The van der Waals surface area contributed by atoms with Gasteiger partial charge in [0.15, 0.2) is 0 Å². The van der Waals surface area contributed by atoms with E-state index in [1.54, 1.807) is 12.3 Å². The molecule has 2 aromatic rings. The van der Waals surface area contributed by atoms with Gasteiger partial charge >= 0.3 is 6.18 Å². The molecule has 1 aromatic heterocycles. The Bertz CT molecular complexity index is 833. The number of hydrogen-bond acceptors (Lipinski definition) is 3. The highest BCUT2D eigenvalue weighted by atomic mass is 19.4. The van der Waals surface area contributed by atoms with Crippen molar-refractivity contribution in [3.8, 4) is 0 Å². The molecule has 4 nitrogen and oxygen atoms in total. The van der Waals surface area contributed by atoms with Crippen molar-refractivity contribution in [2.45, 2.75) is 38.3 Å². The smallest absolute Gasteiger partial charge is 0.345 e. The van der Waals surface area contributed by atoms with E-state index in [9.17, 15) is 18.0 Å². The van der Waals surface area contributed by atoms with E-state index >= 15 is 0 Å². The van der Waals surface area contributed by atoms with Crippen molar-refractivity contribution in [2.75, 3.05) is 33.2 Å². The van der Waals surface area contributed by atoms with Gasteiger partial charge in [-0.15, -0.1) is 0 Å². The normalized spacial score (nSPS) is 15.7. The molecule has 168 valence electrons. The zero-order valence-corrected chi connectivity index (χ0v) is 17.9. The van der Waals surface area contributed by atoms with Crippen molar-refractivity contribution in [1.82, 2.24) is 14.8 Å². The third-order valence-corrected chi connectivity index (χ3v) is 5.96. The monoisotopic (exact) mass is 433 g/mol. The van der Waals surface area contributed by atoms with Crippen LogP contribution >= 0.6 is 0 Å². The first-order valence-corrected chi connectivity index (χ1v) is 10.8. The average molecular weight is 434 g/mol. The molecule has 1 aromatic carbocycles. The number of amides is 1. The second-order valence-corrected chi connectivity index (χ2v) is 8.33. The summed E-state index contributed by atoms with van der Waals surface area (Å²) in [6.45, 7) is 3.34. The van der Waals surface area contributed by atoms with E-state index in [-0.39, 0.29) is 5.91 Å². The minimum atomic E-state index is -4.30. The van der Waals surface area contributed by atoms with Crippen LogP contribution in [-0.2, 0) is 23.8 Å². The summed E-state index contributed by atoms with van der Waals surface area (Å²) >= 11 is 0. The Balaban J connectivity index is 1.37. The molecule has 3 rings (SSSR count). The van der Waals surface area contributed by atoms with Gasteiger partial charge in [0.1, 0.15) is 0 Å². The molecule has 7 heteroatoms. The van der Waals surface area contributed by atoms with E-state index in [4.69, 9.17) is 0 Å². The van der Waals surface area contributed by atoms with Crippen molar-refractivity contribution < 1.29 is 18.0 Å². The van der Waals surface area contributed by atoms with Crippen LogP contribution in [0, 0.1) is 5.92 Å². The van der Waals surface area contributed by atoms with Crippen molar-refractivity contribution in [1.29, 1.82) is 0 Å². The Hall–Kier alpha value is -2.41. The lowest BCUT2D eigenvalue weighted by molar-refractivity contribution is -0.137. The first-order chi connectivity index (χ1) is 14.8. The van der Waals surface area contributed by atoms with E-state index in [2.05, 4.69) is 9.88 Å². The molecule has 0 bridgehead atoms. The summed E-state index contributed by atoms with van der Waals surface area (Å²) in [6, 6.07) is 11.3. The number of hydrogen-bond donors (Lipinski definition) is 0. The second-order valence-electron chi connectivity index (χ2n) is 8.33. The van der Waals surface area contributed by atoms with Crippen LogP contribution < -0.4 is 0 Å². The number of rotatable bonds is 8. The molecule has 1 saturated heterocycles. The lowest BCUT2D eigenvalue weighted by Gasteiger charge is -2.34. The molecule has 31 heavy (non-hydrogen) atoms. The number of piperidine rings is 1. The Morgan fingerprint density at radius 2 is 1.90 bits per heavy atom. The van der Waals surface area contributed by atoms with Crippen molar-refractivity contribution in [2.24, 2.45) is 5.92 Å². The molecule has 0 atom stereocenters. The van der Waals surface area contributed by atoms with E-state index in [1.165, 1.54) is 12.1 Å². The van der Waals surface area contributed by atoms with Gasteiger partial charge in [-0.2, -0.15) is 13.2 Å². The molecule has 2 heterocycles. The maximum atomic E-state index is 12.9. The Morgan fingerprint density at radius 3 is 2.58 bits per heavy atom. The lowest BCUT2D eigenvalue weighted by Crippen LogP contribution is -2.40. The van der Waals surface area contributed by atoms with Crippen LogP contribution in [-0.4, -0.2) is 53.9 Å². The molecule has 0 radical (unpaired) electrons. The second kappa shape index (κ2) is 10.8. The van der Waals surface area contributed by atoms with E-state index in [0.717, 1.165) is 56.3 Å². The maximum absolute atomic E-state index is 12.9. The fourth-order valence-electron chi connectivity index (χ4n) is 4.04. The molecular formula is C24H30F3N3O. The minimum absolute atomic E-state index is 0.137. The number of benzene rings is 1.